The summed E-state index contributed by atoms with van der Waals surface area (Å²) in [6.07, 6.45) is 1.29. The molecule has 0 unspecified atom stereocenters. The summed E-state index contributed by atoms with van der Waals surface area (Å²) in [6, 6.07) is 0. The molecule has 0 aliphatic rings. The van der Waals surface area contributed by atoms with Crippen LogP contribution in [0.3, 0.4) is 0 Å². The zero-order valence-corrected chi connectivity index (χ0v) is 11.1. The minimum atomic E-state index is -3.33. The second kappa shape index (κ2) is 5.31. The van der Waals surface area contributed by atoms with Crippen LogP contribution < -0.4 is 5.32 Å². The maximum atomic E-state index is 11.5. The third kappa shape index (κ3) is 3.17. The van der Waals surface area contributed by atoms with Crippen molar-refractivity contribution in [3.63, 3.8) is 0 Å². The van der Waals surface area contributed by atoms with E-state index in [2.05, 4.69) is 10.3 Å². The lowest BCUT2D eigenvalue weighted by Crippen LogP contribution is -2.28. The Morgan fingerprint density at radius 1 is 1.56 bits per heavy atom. The molecule has 102 valence electrons. The Kier molecular flexibility index (Phi) is 4.24. The number of sulfonamides is 1. The summed E-state index contributed by atoms with van der Waals surface area (Å²) in [7, 11) is 1.12. The molecule has 0 aromatic carbocycles. The molecule has 0 atom stereocenters. The first-order chi connectivity index (χ1) is 8.25. The zero-order valence-electron chi connectivity index (χ0n) is 10.3. The van der Waals surface area contributed by atoms with Gasteiger partial charge in [-0.25, -0.2) is 12.7 Å². The molecule has 1 aromatic heterocycles. The Morgan fingerprint density at radius 3 is 2.67 bits per heavy atom. The van der Waals surface area contributed by atoms with Crippen LogP contribution in [0.4, 0.5) is 11.6 Å². The minimum Gasteiger partial charge on any atom is -0.363 e. The number of hydrogen-bond donors (Lipinski definition) is 1. The first-order valence-electron chi connectivity index (χ1n) is 5.05. The third-order valence-electron chi connectivity index (χ3n) is 2.30. The largest absolute Gasteiger partial charge is 0.406 e. The van der Waals surface area contributed by atoms with E-state index in [9.17, 15) is 18.5 Å². The van der Waals surface area contributed by atoms with Crippen LogP contribution in [0.2, 0.25) is 0 Å². The van der Waals surface area contributed by atoms with Crippen LogP contribution in [-0.4, -0.2) is 53.6 Å². The average molecular weight is 277 g/mol. The van der Waals surface area contributed by atoms with Gasteiger partial charge in [0.25, 0.3) is 0 Å². The van der Waals surface area contributed by atoms with Crippen molar-refractivity contribution in [3.05, 3.63) is 16.4 Å². The molecule has 0 bridgehead atoms. The molecule has 0 saturated carbocycles. The highest BCUT2D eigenvalue weighted by Gasteiger charge is 2.20. The summed E-state index contributed by atoms with van der Waals surface area (Å²) < 4.78 is 25.5. The van der Waals surface area contributed by atoms with E-state index in [4.69, 9.17) is 0 Å². The van der Waals surface area contributed by atoms with Gasteiger partial charge < -0.3 is 15.4 Å². The lowest BCUT2D eigenvalue weighted by atomic mass is 10.6. The molecule has 10 heteroatoms. The van der Waals surface area contributed by atoms with Crippen molar-refractivity contribution in [2.45, 2.75) is 0 Å². The van der Waals surface area contributed by atoms with Gasteiger partial charge in [-0.1, -0.05) is 0 Å². The van der Waals surface area contributed by atoms with E-state index in [0.717, 1.165) is 4.31 Å². The lowest BCUT2D eigenvalue weighted by molar-refractivity contribution is -0.388. The molecule has 1 heterocycles. The van der Waals surface area contributed by atoms with Crippen molar-refractivity contribution in [3.8, 4) is 0 Å². The molecule has 0 saturated heterocycles. The SMILES string of the molecule is CN(C)S(=O)(=O)CCNc1c([N+](=O)[O-])ncn1C. The first kappa shape index (κ1) is 14.4. The quantitative estimate of drug-likeness (QED) is 0.561. The van der Waals surface area contributed by atoms with Gasteiger partial charge in [-0.3, -0.25) is 4.57 Å². The molecule has 0 amide bonds. The Labute approximate surface area is 105 Å². The predicted molar refractivity (Wildman–Crippen MR) is 65.8 cm³/mol. The normalized spacial score (nSPS) is 11.8. The van der Waals surface area contributed by atoms with Crippen molar-refractivity contribution >= 4 is 21.7 Å². The van der Waals surface area contributed by atoms with Crippen molar-refractivity contribution in [2.75, 3.05) is 31.7 Å². The van der Waals surface area contributed by atoms with E-state index < -0.39 is 14.9 Å². The van der Waals surface area contributed by atoms with Crippen LogP contribution >= 0.6 is 0 Å². The molecule has 0 fully saturated rings. The van der Waals surface area contributed by atoms with Gasteiger partial charge >= 0.3 is 5.82 Å². The predicted octanol–water partition coefficient (Wildman–Crippen LogP) is -0.368. The highest BCUT2D eigenvalue weighted by atomic mass is 32.2. The number of aryl methyl sites for hydroxylation is 1. The summed E-state index contributed by atoms with van der Waals surface area (Å²) in [6.45, 7) is 0.0703. The van der Waals surface area contributed by atoms with Gasteiger partial charge in [-0.2, -0.15) is 0 Å². The Hall–Kier alpha value is -1.68. The number of rotatable bonds is 6. The third-order valence-corrected chi connectivity index (χ3v) is 4.13. The second-order valence-corrected chi connectivity index (χ2v) is 6.11. The fourth-order valence-corrected chi connectivity index (χ4v) is 1.96. The van der Waals surface area contributed by atoms with Crippen LogP contribution in [0.1, 0.15) is 0 Å². The van der Waals surface area contributed by atoms with Crippen LogP contribution in [0, 0.1) is 10.1 Å². The number of aromatic nitrogens is 2. The van der Waals surface area contributed by atoms with Gasteiger partial charge in [0, 0.05) is 27.7 Å². The monoisotopic (exact) mass is 277 g/mol. The van der Waals surface area contributed by atoms with E-state index >= 15 is 0 Å². The summed E-state index contributed by atoms with van der Waals surface area (Å²) in [5.41, 5.74) is 0. The van der Waals surface area contributed by atoms with Crippen LogP contribution in [0.25, 0.3) is 0 Å². The van der Waals surface area contributed by atoms with E-state index in [1.807, 2.05) is 0 Å². The van der Waals surface area contributed by atoms with E-state index in [1.165, 1.54) is 25.0 Å². The summed E-state index contributed by atoms with van der Waals surface area (Å²) in [5, 5.41) is 13.4. The highest BCUT2D eigenvalue weighted by Crippen LogP contribution is 2.20. The number of hydrogen-bond acceptors (Lipinski definition) is 6. The maximum Gasteiger partial charge on any atom is 0.406 e. The van der Waals surface area contributed by atoms with Crippen molar-refractivity contribution < 1.29 is 13.3 Å². The molecule has 1 N–H and O–H groups in total. The van der Waals surface area contributed by atoms with E-state index in [1.54, 1.807) is 7.05 Å². The Bertz CT molecular complexity index is 536. The molecule has 0 radical (unpaired) electrons. The number of anilines is 1. The Morgan fingerprint density at radius 2 is 2.17 bits per heavy atom. The number of imidazole rings is 1. The summed E-state index contributed by atoms with van der Waals surface area (Å²) in [4.78, 5) is 13.7. The first-order valence-corrected chi connectivity index (χ1v) is 6.66. The topological polar surface area (TPSA) is 110 Å². The van der Waals surface area contributed by atoms with Crippen molar-refractivity contribution in [2.24, 2.45) is 7.05 Å². The highest BCUT2D eigenvalue weighted by molar-refractivity contribution is 7.89. The Balaban J connectivity index is 2.71. The van der Waals surface area contributed by atoms with Gasteiger partial charge in [0.15, 0.2) is 0 Å². The number of nitro groups is 1. The van der Waals surface area contributed by atoms with Gasteiger partial charge in [0.2, 0.25) is 22.2 Å². The van der Waals surface area contributed by atoms with Crippen LogP contribution in [0.5, 0.6) is 0 Å². The fraction of sp³-hybridized carbons (Fsp3) is 0.625. The molecule has 1 aromatic rings. The molecule has 0 aliphatic heterocycles. The summed E-state index contributed by atoms with van der Waals surface area (Å²) in [5.74, 6) is -0.281. The van der Waals surface area contributed by atoms with Crippen molar-refractivity contribution in [1.29, 1.82) is 0 Å². The van der Waals surface area contributed by atoms with E-state index in [0.29, 0.717) is 0 Å². The van der Waals surface area contributed by atoms with Gasteiger partial charge in [0.1, 0.15) is 0 Å². The smallest absolute Gasteiger partial charge is 0.363 e. The van der Waals surface area contributed by atoms with Crippen LogP contribution in [0.15, 0.2) is 6.33 Å². The van der Waals surface area contributed by atoms with E-state index in [-0.39, 0.29) is 23.9 Å². The zero-order chi connectivity index (χ0) is 13.9. The molecular weight excluding hydrogens is 262 g/mol. The van der Waals surface area contributed by atoms with Gasteiger partial charge in [-0.15, -0.1) is 0 Å². The second-order valence-electron chi connectivity index (χ2n) is 3.81. The maximum absolute atomic E-state index is 11.5. The van der Waals surface area contributed by atoms with Gasteiger partial charge in [-0.05, 0) is 9.91 Å². The number of nitrogens with zero attached hydrogens (tertiary/aromatic N) is 4. The molecule has 9 nitrogen and oxygen atoms in total. The summed E-state index contributed by atoms with van der Waals surface area (Å²) >= 11 is 0. The average Bonchev–Trinajstić information content (AvgIpc) is 2.60. The molecule has 0 spiro atoms. The standard InChI is InChI=1S/C8H15N5O4S/c1-11(2)18(16,17)5-4-9-7-8(13(14)15)10-6-12(7)3/h6,9H,4-5H2,1-3H3. The lowest BCUT2D eigenvalue weighted by Gasteiger charge is -2.11. The molecule has 0 aliphatic carbocycles. The van der Waals surface area contributed by atoms with Crippen LogP contribution in [-0.2, 0) is 17.1 Å². The fourth-order valence-electron chi connectivity index (χ4n) is 1.24. The number of nitrogens with one attached hydrogen (secondary N) is 1. The van der Waals surface area contributed by atoms with Gasteiger partial charge in [0.05, 0.1) is 5.75 Å². The molecule has 1 rings (SSSR count). The molecule has 18 heavy (non-hydrogen) atoms. The minimum absolute atomic E-state index is 0.0703. The van der Waals surface area contributed by atoms with Crippen molar-refractivity contribution in [1.82, 2.24) is 13.9 Å². The molecular formula is C8H15N5O4S.